The van der Waals surface area contributed by atoms with Gasteiger partial charge in [0, 0.05) is 13.0 Å². The maximum absolute atomic E-state index is 10.6. The van der Waals surface area contributed by atoms with Crippen molar-refractivity contribution in [1.82, 2.24) is 16.2 Å². The Bertz CT molecular complexity index is 147. The molecule has 0 fully saturated rings. The zero-order valence-electron chi connectivity index (χ0n) is 6.73. The molecule has 0 aliphatic rings. The van der Waals surface area contributed by atoms with Crippen molar-refractivity contribution >= 4 is 11.9 Å². The fourth-order valence-electron chi connectivity index (χ4n) is 0.420. The Hall–Kier alpha value is -1.26. The Kier molecular flexibility index (Phi) is 4.89. The number of hydrogen-bond acceptors (Lipinski definition) is 2. The standard InChI is InChI=1S/C6H13N3O2/c1-3-5(10)8-9-6(11)7-4-2/h3-4H2,1-2H3,(H,8,10)(H2,7,9,11). The summed E-state index contributed by atoms with van der Waals surface area (Å²) in [4.78, 5) is 21.2. The summed E-state index contributed by atoms with van der Waals surface area (Å²) in [5.41, 5.74) is 4.40. The van der Waals surface area contributed by atoms with Crippen LogP contribution in [-0.4, -0.2) is 18.5 Å². The fraction of sp³-hybridized carbons (Fsp3) is 0.667. The zero-order valence-corrected chi connectivity index (χ0v) is 6.73. The van der Waals surface area contributed by atoms with E-state index < -0.39 is 6.03 Å². The second-order valence-electron chi connectivity index (χ2n) is 1.89. The molecule has 0 unspecified atom stereocenters. The maximum atomic E-state index is 10.6. The molecule has 0 rings (SSSR count). The van der Waals surface area contributed by atoms with Crippen LogP contribution in [0.25, 0.3) is 0 Å². The van der Waals surface area contributed by atoms with E-state index in [-0.39, 0.29) is 5.91 Å². The molecule has 5 nitrogen and oxygen atoms in total. The van der Waals surface area contributed by atoms with Crippen molar-refractivity contribution in [2.45, 2.75) is 20.3 Å². The van der Waals surface area contributed by atoms with E-state index in [0.717, 1.165) is 0 Å². The fourth-order valence-corrected chi connectivity index (χ4v) is 0.420. The van der Waals surface area contributed by atoms with E-state index in [2.05, 4.69) is 16.2 Å². The predicted molar refractivity (Wildman–Crippen MR) is 40.6 cm³/mol. The first-order chi connectivity index (χ1) is 5.20. The quantitative estimate of drug-likeness (QED) is 0.486. The van der Waals surface area contributed by atoms with Crippen LogP contribution in [0.5, 0.6) is 0 Å². The zero-order chi connectivity index (χ0) is 8.69. The predicted octanol–water partition coefficient (Wildman–Crippen LogP) is -0.253. The molecule has 0 aliphatic heterocycles. The van der Waals surface area contributed by atoms with Crippen molar-refractivity contribution in [3.63, 3.8) is 0 Å². The van der Waals surface area contributed by atoms with Crippen LogP contribution in [0.4, 0.5) is 4.79 Å². The van der Waals surface area contributed by atoms with Gasteiger partial charge in [0.15, 0.2) is 0 Å². The number of rotatable bonds is 2. The SMILES string of the molecule is CCNC(=O)NNC(=O)CC. The lowest BCUT2D eigenvalue weighted by molar-refractivity contribution is -0.121. The largest absolute Gasteiger partial charge is 0.337 e. The van der Waals surface area contributed by atoms with Gasteiger partial charge in [0.2, 0.25) is 5.91 Å². The van der Waals surface area contributed by atoms with Crippen LogP contribution in [0.3, 0.4) is 0 Å². The van der Waals surface area contributed by atoms with Crippen molar-refractivity contribution in [3.8, 4) is 0 Å². The van der Waals surface area contributed by atoms with Gasteiger partial charge in [-0.3, -0.25) is 10.2 Å². The summed E-state index contributed by atoms with van der Waals surface area (Å²) in [6.45, 7) is 4.03. The number of hydrogen-bond donors (Lipinski definition) is 3. The van der Waals surface area contributed by atoms with Gasteiger partial charge in [-0.05, 0) is 6.92 Å². The molecule has 0 aromatic carbocycles. The van der Waals surface area contributed by atoms with Gasteiger partial charge in [0.1, 0.15) is 0 Å². The molecule has 0 aliphatic carbocycles. The van der Waals surface area contributed by atoms with Crippen molar-refractivity contribution in [1.29, 1.82) is 0 Å². The highest BCUT2D eigenvalue weighted by molar-refractivity contribution is 5.80. The van der Waals surface area contributed by atoms with Crippen molar-refractivity contribution in [2.75, 3.05) is 6.54 Å². The number of urea groups is 1. The molecule has 0 atom stereocenters. The Morgan fingerprint density at radius 3 is 2.27 bits per heavy atom. The third kappa shape index (κ3) is 5.20. The molecule has 3 amide bonds. The molecule has 64 valence electrons. The molecular weight excluding hydrogens is 146 g/mol. The highest BCUT2D eigenvalue weighted by Gasteiger charge is 1.98. The monoisotopic (exact) mass is 159 g/mol. The molecule has 0 saturated carbocycles. The van der Waals surface area contributed by atoms with Gasteiger partial charge in [-0.1, -0.05) is 6.92 Å². The van der Waals surface area contributed by atoms with Crippen LogP contribution >= 0.6 is 0 Å². The van der Waals surface area contributed by atoms with Crippen molar-refractivity contribution < 1.29 is 9.59 Å². The summed E-state index contributed by atoms with van der Waals surface area (Å²) in [6, 6.07) is -0.394. The molecule has 0 bridgehead atoms. The minimum Gasteiger partial charge on any atom is -0.337 e. The molecule has 3 N–H and O–H groups in total. The summed E-state index contributed by atoms with van der Waals surface area (Å²) < 4.78 is 0. The van der Waals surface area contributed by atoms with Gasteiger partial charge >= 0.3 is 6.03 Å². The minimum atomic E-state index is -0.394. The molecule has 11 heavy (non-hydrogen) atoms. The highest BCUT2D eigenvalue weighted by Crippen LogP contribution is 1.70. The average molecular weight is 159 g/mol. The third-order valence-corrected chi connectivity index (χ3v) is 0.974. The third-order valence-electron chi connectivity index (χ3n) is 0.974. The molecule has 0 radical (unpaired) electrons. The lowest BCUT2D eigenvalue weighted by atomic mass is 10.5. The second-order valence-corrected chi connectivity index (χ2v) is 1.89. The maximum Gasteiger partial charge on any atom is 0.333 e. The van der Waals surface area contributed by atoms with E-state index in [4.69, 9.17) is 0 Å². The topological polar surface area (TPSA) is 70.2 Å². The molecule has 0 aromatic rings. The number of amides is 3. The van der Waals surface area contributed by atoms with Crippen LogP contribution < -0.4 is 16.2 Å². The van der Waals surface area contributed by atoms with Crippen LogP contribution in [0.2, 0.25) is 0 Å². The van der Waals surface area contributed by atoms with E-state index in [9.17, 15) is 9.59 Å². The number of carbonyl (C=O) groups is 2. The van der Waals surface area contributed by atoms with Crippen molar-refractivity contribution in [3.05, 3.63) is 0 Å². The minimum absolute atomic E-state index is 0.212. The molecule has 0 saturated heterocycles. The number of carbonyl (C=O) groups excluding carboxylic acids is 2. The molecule has 0 heterocycles. The molecule has 0 spiro atoms. The van der Waals surface area contributed by atoms with Gasteiger partial charge in [0.25, 0.3) is 0 Å². The van der Waals surface area contributed by atoms with Gasteiger partial charge in [-0.2, -0.15) is 0 Å². The Morgan fingerprint density at radius 2 is 1.82 bits per heavy atom. The van der Waals surface area contributed by atoms with Crippen LogP contribution in [0.15, 0.2) is 0 Å². The summed E-state index contributed by atoms with van der Waals surface area (Å²) in [5.74, 6) is -0.212. The van der Waals surface area contributed by atoms with Crippen LogP contribution in [0, 0.1) is 0 Å². The number of nitrogens with one attached hydrogen (secondary N) is 3. The van der Waals surface area contributed by atoms with Crippen molar-refractivity contribution in [2.24, 2.45) is 0 Å². The van der Waals surface area contributed by atoms with E-state index in [0.29, 0.717) is 13.0 Å². The first kappa shape index (κ1) is 9.74. The van der Waals surface area contributed by atoms with Crippen LogP contribution in [0.1, 0.15) is 20.3 Å². The first-order valence-electron chi connectivity index (χ1n) is 3.53. The lowest BCUT2D eigenvalue weighted by Crippen LogP contribution is -2.46. The van der Waals surface area contributed by atoms with E-state index >= 15 is 0 Å². The second kappa shape index (κ2) is 5.52. The average Bonchev–Trinajstić information content (AvgIpc) is 2.01. The van der Waals surface area contributed by atoms with Gasteiger partial charge in [-0.15, -0.1) is 0 Å². The Morgan fingerprint density at radius 1 is 1.18 bits per heavy atom. The Labute approximate surface area is 65.5 Å². The molecular formula is C6H13N3O2. The summed E-state index contributed by atoms with van der Waals surface area (Å²) in [7, 11) is 0. The smallest absolute Gasteiger partial charge is 0.333 e. The molecule has 5 heteroatoms. The first-order valence-corrected chi connectivity index (χ1v) is 3.53. The normalized spacial score (nSPS) is 8.55. The summed E-state index contributed by atoms with van der Waals surface area (Å²) in [6.07, 6.45) is 0.354. The van der Waals surface area contributed by atoms with Gasteiger partial charge < -0.3 is 5.32 Å². The van der Waals surface area contributed by atoms with Crippen LogP contribution in [-0.2, 0) is 4.79 Å². The summed E-state index contributed by atoms with van der Waals surface area (Å²) in [5, 5.41) is 2.46. The van der Waals surface area contributed by atoms with Gasteiger partial charge in [-0.25, -0.2) is 10.2 Å². The van der Waals surface area contributed by atoms with E-state index in [1.165, 1.54) is 0 Å². The Balaban J connectivity index is 3.38. The van der Waals surface area contributed by atoms with E-state index in [1.54, 1.807) is 13.8 Å². The summed E-state index contributed by atoms with van der Waals surface area (Å²) >= 11 is 0. The number of hydrazine groups is 1. The highest BCUT2D eigenvalue weighted by atomic mass is 16.2. The van der Waals surface area contributed by atoms with Gasteiger partial charge in [0.05, 0.1) is 0 Å². The lowest BCUT2D eigenvalue weighted by Gasteiger charge is -2.05. The van der Waals surface area contributed by atoms with E-state index in [1.807, 2.05) is 0 Å². The molecule has 0 aromatic heterocycles.